The van der Waals surface area contributed by atoms with E-state index in [9.17, 15) is 18.0 Å². The van der Waals surface area contributed by atoms with E-state index < -0.39 is 17.8 Å². The Hall–Kier alpha value is -1.15. The number of ether oxygens (including phenoxy) is 1. The molecule has 1 aliphatic carbocycles. The summed E-state index contributed by atoms with van der Waals surface area (Å²) in [4.78, 5) is 17.0. The number of halogens is 3. The van der Waals surface area contributed by atoms with Gasteiger partial charge in [0.2, 0.25) is 0 Å². The molecule has 0 radical (unpaired) electrons. The predicted octanol–water partition coefficient (Wildman–Crippen LogP) is 3.34. The highest BCUT2D eigenvalue weighted by atomic mass is 32.1. The summed E-state index contributed by atoms with van der Waals surface area (Å²) < 4.78 is 44.6. The zero-order valence-corrected chi connectivity index (χ0v) is 12.8. The van der Waals surface area contributed by atoms with Crippen LogP contribution in [0.5, 0.6) is 0 Å². The molecule has 0 atom stereocenters. The van der Waals surface area contributed by atoms with Crippen molar-refractivity contribution in [1.82, 2.24) is 9.88 Å². The van der Waals surface area contributed by atoms with Crippen LogP contribution in [0.3, 0.4) is 0 Å². The maximum Gasteiger partial charge on any atom is 0.434 e. The first-order valence-electron chi connectivity index (χ1n) is 7.35. The van der Waals surface area contributed by atoms with Gasteiger partial charge in [-0.25, -0.2) is 4.98 Å². The lowest BCUT2D eigenvalue weighted by molar-refractivity contribution is -0.141. The van der Waals surface area contributed by atoms with Crippen molar-refractivity contribution in [2.45, 2.75) is 43.9 Å². The Morgan fingerprint density at radius 3 is 2.73 bits per heavy atom. The lowest BCUT2D eigenvalue weighted by Gasteiger charge is -2.44. The van der Waals surface area contributed by atoms with Crippen molar-refractivity contribution in [1.29, 1.82) is 0 Å². The summed E-state index contributed by atoms with van der Waals surface area (Å²) >= 11 is 0.750. The van der Waals surface area contributed by atoms with E-state index in [0.29, 0.717) is 19.7 Å². The second-order valence-electron chi connectivity index (χ2n) is 5.85. The van der Waals surface area contributed by atoms with Crippen molar-refractivity contribution < 1.29 is 22.7 Å². The molecule has 8 heteroatoms. The summed E-state index contributed by atoms with van der Waals surface area (Å²) in [6.07, 6.45) is 0.357. The number of rotatable bonds is 1. The highest BCUT2D eigenvalue weighted by molar-refractivity contribution is 7.11. The lowest BCUT2D eigenvalue weighted by Crippen LogP contribution is -2.54. The third-order valence-corrected chi connectivity index (χ3v) is 5.15. The van der Waals surface area contributed by atoms with Gasteiger partial charge in [0.1, 0.15) is 4.88 Å². The summed E-state index contributed by atoms with van der Waals surface area (Å²) in [6.45, 7) is 1.09. The average molecular weight is 334 g/mol. The first-order chi connectivity index (χ1) is 10.4. The molecule has 0 bridgehead atoms. The quantitative estimate of drug-likeness (QED) is 0.791. The molecule has 4 nitrogen and oxygen atoms in total. The number of alkyl halides is 3. The van der Waals surface area contributed by atoms with Gasteiger partial charge in [0.25, 0.3) is 5.91 Å². The normalized spacial score (nSPS) is 22.0. The van der Waals surface area contributed by atoms with Gasteiger partial charge in [-0.05, 0) is 12.8 Å². The van der Waals surface area contributed by atoms with Gasteiger partial charge in [0.05, 0.1) is 24.3 Å². The van der Waals surface area contributed by atoms with E-state index in [1.807, 2.05) is 0 Å². The first kappa shape index (κ1) is 15.7. The highest BCUT2D eigenvalue weighted by Crippen LogP contribution is 2.37. The predicted molar refractivity (Wildman–Crippen MR) is 74.8 cm³/mol. The highest BCUT2D eigenvalue weighted by Gasteiger charge is 2.43. The van der Waals surface area contributed by atoms with Gasteiger partial charge >= 0.3 is 6.18 Å². The van der Waals surface area contributed by atoms with Crippen LogP contribution < -0.4 is 0 Å². The molecule has 2 fully saturated rings. The Labute approximate surface area is 130 Å². The summed E-state index contributed by atoms with van der Waals surface area (Å²) in [5.41, 5.74) is -0.367. The minimum absolute atomic E-state index is 0.319. The number of carbonyl (C=O) groups is 1. The second kappa shape index (κ2) is 5.81. The Bertz CT molecular complexity index is 547. The van der Waals surface area contributed by atoms with E-state index in [4.69, 9.17) is 4.74 Å². The maximum atomic E-state index is 12.9. The first-order valence-corrected chi connectivity index (χ1v) is 8.23. The molecule has 22 heavy (non-hydrogen) atoms. The molecule has 1 aromatic rings. The minimum Gasteiger partial charge on any atom is -0.371 e. The molecule has 2 heterocycles. The van der Waals surface area contributed by atoms with Crippen molar-refractivity contribution in [2.24, 2.45) is 0 Å². The van der Waals surface area contributed by atoms with Gasteiger partial charge < -0.3 is 9.64 Å². The standard InChI is InChI=1S/C14H17F3N2O2S/c15-14(16,17)11-10(22-9-18-11)12(20)19-6-7-21-13(8-19)4-2-1-3-5-13/h9H,1-8H2. The molecule has 0 aromatic carbocycles. The largest absolute Gasteiger partial charge is 0.434 e. The number of nitrogens with zero attached hydrogens (tertiary/aromatic N) is 2. The Morgan fingerprint density at radius 2 is 2.05 bits per heavy atom. The molecule has 2 aliphatic rings. The van der Waals surface area contributed by atoms with Crippen molar-refractivity contribution in [3.63, 3.8) is 0 Å². The zero-order chi connectivity index (χ0) is 15.8. The molecule has 1 aromatic heterocycles. The number of thiazole rings is 1. The van der Waals surface area contributed by atoms with Crippen LogP contribution in [-0.4, -0.2) is 41.1 Å². The summed E-state index contributed by atoms with van der Waals surface area (Å²) in [6, 6.07) is 0. The van der Waals surface area contributed by atoms with Crippen LogP contribution in [0.15, 0.2) is 5.51 Å². The van der Waals surface area contributed by atoms with Crippen LogP contribution in [0.25, 0.3) is 0 Å². The molecular formula is C14H17F3N2O2S. The summed E-state index contributed by atoms with van der Waals surface area (Å²) in [5.74, 6) is -0.580. The van der Waals surface area contributed by atoms with Crippen LogP contribution in [0, 0.1) is 0 Å². The fourth-order valence-electron chi connectivity index (χ4n) is 3.26. The van der Waals surface area contributed by atoms with Gasteiger partial charge in [-0.15, -0.1) is 11.3 Å². The van der Waals surface area contributed by atoms with Gasteiger partial charge in [0, 0.05) is 6.54 Å². The van der Waals surface area contributed by atoms with Crippen LogP contribution in [0.1, 0.15) is 47.5 Å². The van der Waals surface area contributed by atoms with Crippen molar-refractivity contribution in [3.05, 3.63) is 16.1 Å². The SMILES string of the molecule is O=C(c1scnc1C(F)(F)F)N1CCOC2(CCCCC2)C1. The van der Waals surface area contributed by atoms with Crippen LogP contribution in [0.2, 0.25) is 0 Å². The number of amides is 1. The smallest absolute Gasteiger partial charge is 0.371 e. The number of hydrogen-bond donors (Lipinski definition) is 0. The van der Waals surface area contributed by atoms with E-state index in [0.717, 1.165) is 49.0 Å². The summed E-state index contributed by atoms with van der Waals surface area (Å²) in [5, 5.41) is 0. The number of hydrogen-bond acceptors (Lipinski definition) is 4. The fourth-order valence-corrected chi connectivity index (χ4v) is 4.03. The molecular weight excluding hydrogens is 317 g/mol. The van der Waals surface area contributed by atoms with E-state index in [-0.39, 0.29) is 10.5 Å². The Balaban J connectivity index is 1.79. The molecule has 1 amide bonds. The van der Waals surface area contributed by atoms with Crippen molar-refractivity contribution in [2.75, 3.05) is 19.7 Å². The molecule has 0 unspecified atom stereocenters. The monoisotopic (exact) mass is 334 g/mol. The topological polar surface area (TPSA) is 42.4 Å². The Morgan fingerprint density at radius 1 is 1.32 bits per heavy atom. The number of carbonyl (C=O) groups excluding carboxylic acids is 1. The van der Waals surface area contributed by atoms with Gasteiger partial charge in [0.15, 0.2) is 5.69 Å². The Kier molecular flexibility index (Phi) is 4.15. The molecule has 3 rings (SSSR count). The van der Waals surface area contributed by atoms with Crippen LogP contribution >= 0.6 is 11.3 Å². The van der Waals surface area contributed by atoms with E-state index in [1.54, 1.807) is 0 Å². The number of morpholine rings is 1. The van der Waals surface area contributed by atoms with Crippen molar-refractivity contribution >= 4 is 17.2 Å². The second-order valence-corrected chi connectivity index (χ2v) is 6.70. The third kappa shape index (κ3) is 2.99. The van der Waals surface area contributed by atoms with E-state index >= 15 is 0 Å². The molecule has 122 valence electrons. The van der Waals surface area contributed by atoms with Crippen LogP contribution in [-0.2, 0) is 10.9 Å². The average Bonchev–Trinajstić information content (AvgIpc) is 2.97. The molecule has 0 N–H and O–H groups in total. The molecule has 1 saturated heterocycles. The number of aromatic nitrogens is 1. The fraction of sp³-hybridized carbons (Fsp3) is 0.714. The maximum absolute atomic E-state index is 12.9. The summed E-state index contributed by atoms with van der Waals surface area (Å²) in [7, 11) is 0. The zero-order valence-electron chi connectivity index (χ0n) is 12.0. The van der Waals surface area contributed by atoms with Gasteiger partial charge in [-0.2, -0.15) is 13.2 Å². The van der Waals surface area contributed by atoms with Gasteiger partial charge in [-0.1, -0.05) is 19.3 Å². The molecule has 1 saturated carbocycles. The molecule has 1 aliphatic heterocycles. The van der Waals surface area contributed by atoms with E-state index in [1.165, 1.54) is 4.90 Å². The van der Waals surface area contributed by atoms with Crippen LogP contribution in [0.4, 0.5) is 13.2 Å². The lowest BCUT2D eigenvalue weighted by atomic mass is 9.83. The van der Waals surface area contributed by atoms with Gasteiger partial charge in [-0.3, -0.25) is 4.79 Å². The minimum atomic E-state index is -4.60. The van der Waals surface area contributed by atoms with E-state index in [2.05, 4.69) is 4.98 Å². The third-order valence-electron chi connectivity index (χ3n) is 4.33. The van der Waals surface area contributed by atoms with Crippen molar-refractivity contribution in [3.8, 4) is 0 Å². The molecule has 1 spiro atoms.